The Hall–Kier alpha value is -2.90. The quantitative estimate of drug-likeness (QED) is 0.579. The van der Waals surface area contributed by atoms with Crippen LogP contribution in [-0.2, 0) is 14.2 Å². The summed E-state index contributed by atoms with van der Waals surface area (Å²) in [5.74, 6) is 0.0328. The van der Waals surface area contributed by atoms with Crippen molar-refractivity contribution in [1.29, 1.82) is 0 Å². The predicted octanol–water partition coefficient (Wildman–Crippen LogP) is 2.63. The topological polar surface area (TPSA) is 80.3 Å². The van der Waals surface area contributed by atoms with Gasteiger partial charge in [0.05, 0.1) is 30.9 Å². The summed E-state index contributed by atoms with van der Waals surface area (Å²) < 4.78 is 27.1. The number of esters is 2. The molecule has 2 fully saturated rings. The first-order valence-electron chi connectivity index (χ1n) is 9.04. The van der Waals surface area contributed by atoms with Crippen molar-refractivity contribution in [2.24, 2.45) is 0 Å². The normalized spacial score (nSPS) is 23.1. The summed E-state index contributed by atoms with van der Waals surface area (Å²) in [6.45, 7) is 0.969. The standard InChI is InChI=1S/C21H20O7/c1-24-15-6-2-13(3-7-15)20(22)27-16-8-4-14(5-9-16)21(23)28-18-12-26-17-10-11-25-19(17)18/h2-9,17-19H,10-12H2,1H3. The highest BCUT2D eigenvalue weighted by Gasteiger charge is 2.44. The molecule has 2 heterocycles. The van der Waals surface area contributed by atoms with Crippen LogP contribution >= 0.6 is 0 Å². The van der Waals surface area contributed by atoms with E-state index in [9.17, 15) is 9.59 Å². The van der Waals surface area contributed by atoms with E-state index in [1.807, 2.05) is 0 Å². The first-order valence-corrected chi connectivity index (χ1v) is 9.04. The summed E-state index contributed by atoms with van der Waals surface area (Å²) >= 11 is 0. The molecular weight excluding hydrogens is 364 g/mol. The van der Waals surface area contributed by atoms with Gasteiger partial charge in [0.25, 0.3) is 0 Å². The second-order valence-corrected chi connectivity index (χ2v) is 6.58. The molecule has 2 aliphatic rings. The first-order chi connectivity index (χ1) is 13.6. The molecule has 28 heavy (non-hydrogen) atoms. The van der Waals surface area contributed by atoms with Gasteiger partial charge >= 0.3 is 11.9 Å². The molecule has 3 unspecified atom stereocenters. The molecule has 2 aliphatic heterocycles. The van der Waals surface area contributed by atoms with E-state index < -0.39 is 18.0 Å². The Kier molecular flexibility index (Phi) is 5.27. The summed E-state index contributed by atoms with van der Waals surface area (Å²) in [6, 6.07) is 12.8. The summed E-state index contributed by atoms with van der Waals surface area (Å²) in [5.41, 5.74) is 0.766. The van der Waals surface area contributed by atoms with Crippen LogP contribution in [0.2, 0.25) is 0 Å². The lowest BCUT2D eigenvalue weighted by Gasteiger charge is -2.16. The van der Waals surface area contributed by atoms with Crippen LogP contribution in [-0.4, -0.2) is 50.6 Å². The monoisotopic (exact) mass is 384 g/mol. The molecule has 0 N–H and O–H groups in total. The molecule has 7 nitrogen and oxygen atoms in total. The predicted molar refractivity (Wildman–Crippen MR) is 97.7 cm³/mol. The molecule has 2 aromatic carbocycles. The van der Waals surface area contributed by atoms with Crippen molar-refractivity contribution in [2.45, 2.75) is 24.7 Å². The molecule has 0 bridgehead atoms. The molecule has 4 rings (SSSR count). The largest absolute Gasteiger partial charge is 0.497 e. The molecule has 0 amide bonds. The zero-order valence-electron chi connectivity index (χ0n) is 15.3. The van der Waals surface area contributed by atoms with Crippen molar-refractivity contribution in [3.8, 4) is 11.5 Å². The Morgan fingerprint density at radius 3 is 2.21 bits per heavy atom. The van der Waals surface area contributed by atoms with Crippen molar-refractivity contribution in [3.05, 3.63) is 59.7 Å². The summed E-state index contributed by atoms with van der Waals surface area (Å²) in [7, 11) is 1.55. The average molecular weight is 384 g/mol. The molecule has 0 spiro atoms. The molecule has 0 aromatic heterocycles. The van der Waals surface area contributed by atoms with Crippen molar-refractivity contribution in [3.63, 3.8) is 0 Å². The number of methoxy groups -OCH3 is 1. The minimum atomic E-state index is -0.495. The zero-order valence-corrected chi connectivity index (χ0v) is 15.3. The Bertz CT molecular complexity index is 844. The Morgan fingerprint density at radius 1 is 0.893 bits per heavy atom. The van der Waals surface area contributed by atoms with E-state index in [0.717, 1.165) is 6.42 Å². The van der Waals surface area contributed by atoms with E-state index in [-0.39, 0.29) is 12.2 Å². The van der Waals surface area contributed by atoms with Crippen molar-refractivity contribution >= 4 is 11.9 Å². The smallest absolute Gasteiger partial charge is 0.343 e. The van der Waals surface area contributed by atoms with Gasteiger partial charge in [-0.3, -0.25) is 0 Å². The van der Waals surface area contributed by atoms with E-state index in [0.29, 0.717) is 35.8 Å². The molecule has 2 saturated heterocycles. The van der Waals surface area contributed by atoms with Crippen molar-refractivity contribution < 1.29 is 33.3 Å². The van der Waals surface area contributed by atoms with Gasteiger partial charge in [0.2, 0.25) is 0 Å². The highest BCUT2D eigenvalue weighted by molar-refractivity contribution is 5.92. The minimum absolute atomic E-state index is 0.0116. The highest BCUT2D eigenvalue weighted by Crippen LogP contribution is 2.29. The third-order valence-electron chi connectivity index (χ3n) is 4.80. The van der Waals surface area contributed by atoms with Gasteiger partial charge in [-0.25, -0.2) is 9.59 Å². The maximum atomic E-state index is 12.4. The lowest BCUT2D eigenvalue weighted by atomic mass is 10.1. The molecule has 146 valence electrons. The van der Waals surface area contributed by atoms with Gasteiger partial charge in [0, 0.05) is 6.61 Å². The van der Waals surface area contributed by atoms with Crippen LogP contribution in [0.3, 0.4) is 0 Å². The second-order valence-electron chi connectivity index (χ2n) is 6.58. The number of hydrogen-bond donors (Lipinski definition) is 0. The van der Waals surface area contributed by atoms with Crippen LogP contribution in [0.5, 0.6) is 11.5 Å². The molecule has 2 aromatic rings. The molecule has 0 radical (unpaired) electrons. The lowest BCUT2D eigenvalue weighted by Crippen LogP contribution is -2.32. The van der Waals surface area contributed by atoms with Gasteiger partial charge in [0.15, 0.2) is 6.10 Å². The van der Waals surface area contributed by atoms with Crippen LogP contribution in [0.15, 0.2) is 48.5 Å². The van der Waals surface area contributed by atoms with Gasteiger partial charge < -0.3 is 23.7 Å². The van der Waals surface area contributed by atoms with Crippen LogP contribution in [0.4, 0.5) is 0 Å². The van der Waals surface area contributed by atoms with Crippen LogP contribution in [0, 0.1) is 0 Å². The zero-order chi connectivity index (χ0) is 19.5. The molecule has 0 saturated carbocycles. The lowest BCUT2D eigenvalue weighted by molar-refractivity contribution is -0.0148. The van der Waals surface area contributed by atoms with Crippen molar-refractivity contribution in [2.75, 3.05) is 20.3 Å². The second kappa shape index (κ2) is 8.00. The van der Waals surface area contributed by atoms with Gasteiger partial charge in [-0.15, -0.1) is 0 Å². The third kappa shape index (κ3) is 3.85. The fourth-order valence-electron chi connectivity index (χ4n) is 3.29. The highest BCUT2D eigenvalue weighted by atomic mass is 16.6. The van der Waals surface area contributed by atoms with E-state index >= 15 is 0 Å². The molecule has 3 atom stereocenters. The summed E-state index contributed by atoms with van der Waals surface area (Å²) in [4.78, 5) is 24.5. The number of carbonyl (C=O) groups is 2. The fraction of sp³-hybridized carbons (Fsp3) is 0.333. The number of fused-ring (bicyclic) bond motifs is 1. The Balaban J connectivity index is 1.35. The summed E-state index contributed by atoms with van der Waals surface area (Å²) in [6.07, 6.45) is 0.256. The van der Waals surface area contributed by atoms with Gasteiger partial charge in [0.1, 0.15) is 17.6 Å². The maximum absolute atomic E-state index is 12.4. The number of benzene rings is 2. The first kappa shape index (κ1) is 18.5. The number of rotatable bonds is 5. The average Bonchev–Trinajstić information content (AvgIpc) is 3.34. The minimum Gasteiger partial charge on any atom is -0.497 e. The SMILES string of the molecule is COc1ccc(C(=O)Oc2ccc(C(=O)OC3COC4CCOC43)cc2)cc1. The molecular formula is C21H20O7. The maximum Gasteiger partial charge on any atom is 0.343 e. The van der Waals surface area contributed by atoms with Crippen LogP contribution < -0.4 is 9.47 Å². The molecule has 0 aliphatic carbocycles. The molecule has 7 heteroatoms. The Labute approximate surface area is 162 Å². The number of ether oxygens (including phenoxy) is 5. The number of hydrogen-bond acceptors (Lipinski definition) is 7. The van der Waals surface area contributed by atoms with Gasteiger partial charge in [-0.2, -0.15) is 0 Å². The van der Waals surface area contributed by atoms with E-state index in [1.54, 1.807) is 55.6 Å². The summed E-state index contributed by atoms with van der Waals surface area (Å²) in [5, 5.41) is 0. The fourth-order valence-corrected chi connectivity index (χ4v) is 3.29. The van der Waals surface area contributed by atoms with Gasteiger partial charge in [-0.05, 0) is 55.0 Å². The van der Waals surface area contributed by atoms with Crippen molar-refractivity contribution in [1.82, 2.24) is 0 Å². The van der Waals surface area contributed by atoms with E-state index in [2.05, 4.69) is 0 Å². The third-order valence-corrected chi connectivity index (χ3v) is 4.80. The van der Waals surface area contributed by atoms with E-state index in [4.69, 9.17) is 23.7 Å². The Morgan fingerprint density at radius 2 is 1.54 bits per heavy atom. The van der Waals surface area contributed by atoms with Gasteiger partial charge in [-0.1, -0.05) is 0 Å². The number of carbonyl (C=O) groups excluding carboxylic acids is 2. The van der Waals surface area contributed by atoms with Crippen LogP contribution in [0.1, 0.15) is 27.1 Å². The van der Waals surface area contributed by atoms with E-state index in [1.165, 1.54) is 0 Å². The van der Waals surface area contributed by atoms with Crippen LogP contribution in [0.25, 0.3) is 0 Å².